The number of benzene rings is 2. The van der Waals surface area contributed by atoms with Crippen LogP contribution < -0.4 is 14.8 Å². The van der Waals surface area contributed by atoms with Gasteiger partial charge in [-0.1, -0.05) is 12.1 Å². The second-order valence-electron chi connectivity index (χ2n) is 11.6. The number of rotatable bonds is 11. The first-order chi connectivity index (χ1) is 18.2. The molecule has 0 unspecified atom stereocenters. The van der Waals surface area contributed by atoms with Crippen molar-refractivity contribution in [2.24, 2.45) is 5.41 Å². The first-order valence-electron chi connectivity index (χ1n) is 13.1. The number of nitrogens with one attached hydrogen (secondary N) is 1. The maximum absolute atomic E-state index is 15.4. The average Bonchev–Trinajstić information content (AvgIpc) is 3.60. The summed E-state index contributed by atoms with van der Waals surface area (Å²) in [6.45, 7) is 6.96. The summed E-state index contributed by atoms with van der Waals surface area (Å²) in [5.41, 5.74) is -1.05. The third kappa shape index (κ3) is 5.94. The van der Waals surface area contributed by atoms with Crippen LogP contribution >= 0.6 is 0 Å². The molecule has 9 heteroatoms. The van der Waals surface area contributed by atoms with Crippen molar-refractivity contribution in [3.8, 4) is 11.5 Å². The number of pyridine rings is 1. The zero-order chi connectivity index (χ0) is 28.8. The van der Waals surface area contributed by atoms with E-state index in [1.165, 1.54) is 12.1 Å². The van der Waals surface area contributed by atoms with Crippen molar-refractivity contribution in [2.45, 2.75) is 58.1 Å². The Bertz CT molecular complexity index is 1350. The fourth-order valence-electron chi connectivity index (χ4n) is 4.95. The van der Waals surface area contributed by atoms with Gasteiger partial charge in [0, 0.05) is 40.4 Å². The summed E-state index contributed by atoms with van der Waals surface area (Å²) >= 11 is 0. The number of aryl methyl sites for hydroxylation is 1. The van der Waals surface area contributed by atoms with E-state index in [0.717, 1.165) is 50.4 Å². The second kappa shape index (κ2) is 10.5. The predicted molar refractivity (Wildman–Crippen MR) is 147 cm³/mol. The molecule has 0 amide bonds. The Morgan fingerprint density at radius 3 is 2.44 bits per heavy atom. The van der Waals surface area contributed by atoms with E-state index in [-0.39, 0.29) is 11.0 Å². The second-order valence-corrected chi connectivity index (χ2v) is 11.6. The van der Waals surface area contributed by atoms with Gasteiger partial charge in [0.1, 0.15) is 11.4 Å². The average molecular weight is 546 g/mol. The lowest BCUT2D eigenvalue weighted by molar-refractivity contribution is -0.170. The van der Waals surface area contributed by atoms with Crippen LogP contribution in [0.25, 0.3) is 10.9 Å². The Hall–Kier alpha value is -3.04. The van der Waals surface area contributed by atoms with E-state index in [0.29, 0.717) is 29.3 Å². The lowest BCUT2D eigenvalue weighted by atomic mass is 9.91. The van der Waals surface area contributed by atoms with Crippen LogP contribution in [0.3, 0.4) is 0 Å². The number of hydrogen-bond acceptors (Lipinski definition) is 6. The molecule has 3 aromatic rings. The lowest BCUT2D eigenvalue weighted by Crippen LogP contribution is -2.41. The summed E-state index contributed by atoms with van der Waals surface area (Å²) in [5, 5.41) is 14.0. The van der Waals surface area contributed by atoms with Gasteiger partial charge in [0.05, 0.1) is 30.8 Å². The van der Waals surface area contributed by atoms with E-state index in [2.05, 4.69) is 15.2 Å². The molecule has 1 atom stereocenters. The Morgan fingerprint density at radius 1 is 1.15 bits per heavy atom. The molecule has 0 saturated heterocycles. The third-order valence-electron chi connectivity index (χ3n) is 7.34. The minimum atomic E-state index is -3.78. The number of methoxy groups -OCH3 is 1. The summed E-state index contributed by atoms with van der Waals surface area (Å²) in [7, 11) is 5.68. The van der Waals surface area contributed by atoms with Crippen molar-refractivity contribution in [1.82, 2.24) is 9.88 Å². The molecule has 39 heavy (non-hydrogen) atoms. The molecule has 0 spiro atoms. The van der Waals surface area contributed by atoms with Gasteiger partial charge in [-0.25, -0.2) is 4.39 Å². The number of aromatic nitrogens is 1. The predicted octanol–water partition coefficient (Wildman–Crippen LogP) is 6.45. The first-order valence-corrected chi connectivity index (χ1v) is 13.1. The first kappa shape index (κ1) is 29.0. The van der Waals surface area contributed by atoms with Gasteiger partial charge < -0.3 is 24.8 Å². The molecule has 6 nitrogen and oxygen atoms in total. The van der Waals surface area contributed by atoms with E-state index in [4.69, 9.17) is 9.47 Å². The van der Waals surface area contributed by atoms with E-state index in [1.807, 2.05) is 39.2 Å². The highest BCUT2D eigenvalue weighted by molar-refractivity contribution is 5.94. The molecule has 0 aliphatic heterocycles. The fraction of sp³-hybridized carbons (Fsp3) is 0.500. The third-order valence-corrected chi connectivity index (χ3v) is 7.34. The molecular weight excluding hydrogens is 507 g/mol. The van der Waals surface area contributed by atoms with Crippen LogP contribution in [-0.4, -0.2) is 54.9 Å². The van der Waals surface area contributed by atoms with E-state index in [9.17, 15) is 13.9 Å². The highest BCUT2D eigenvalue weighted by Crippen LogP contribution is 2.47. The van der Waals surface area contributed by atoms with Crippen LogP contribution in [0.15, 0.2) is 36.4 Å². The summed E-state index contributed by atoms with van der Waals surface area (Å²) in [4.78, 5) is 6.80. The molecule has 2 aromatic carbocycles. The normalized spacial score (nSPS) is 15.9. The molecule has 1 aliphatic carbocycles. The van der Waals surface area contributed by atoms with Crippen molar-refractivity contribution in [3.63, 3.8) is 0 Å². The molecular formula is C30H38F3N3O3. The Balaban J connectivity index is 1.68. The van der Waals surface area contributed by atoms with Crippen LogP contribution in [0.5, 0.6) is 11.5 Å². The number of halogens is 3. The molecule has 4 rings (SSSR count). The summed E-state index contributed by atoms with van der Waals surface area (Å²) in [6.07, 6.45) is 2.20. The molecule has 1 aliphatic rings. The van der Waals surface area contributed by atoms with Gasteiger partial charge in [0.2, 0.25) is 0 Å². The Kier molecular flexibility index (Phi) is 7.80. The molecule has 0 radical (unpaired) electrons. The smallest absolute Gasteiger partial charge is 0.303 e. The minimum absolute atomic E-state index is 0.0587. The number of alkyl halides is 2. The van der Waals surface area contributed by atoms with Crippen molar-refractivity contribution >= 4 is 16.6 Å². The van der Waals surface area contributed by atoms with Crippen molar-refractivity contribution in [2.75, 3.05) is 39.7 Å². The molecule has 0 bridgehead atoms. The monoisotopic (exact) mass is 545 g/mol. The van der Waals surface area contributed by atoms with Gasteiger partial charge >= 0.3 is 5.92 Å². The number of anilines is 1. The standard InChI is InChI=1S/C30H38F3N3O3/c1-18-13-23(35-19(2)20-9-8-10-22(27(20)31)30(32,33)28(3,4)37)21-14-26(25(38-7)15-24(21)34-18)39-17-29(11-12-29)16-36(5)6/h8-10,13-15,19,37H,11-12,16-17H2,1-7H3,(H,34,35)/t19-/m1/s1. The SMILES string of the molecule is COc1cc2nc(C)cc(N[C@H](C)c3cccc(C(F)(F)C(C)(C)O)c3F)c2cc1OCC1(CN(C)C)CC1. The molecule has 1 aromatic heterocycles. The van der Waals surface area contributed by atoms with Crippen LogP contribution in [0.4, 0.5) is 18.9 Å². The lowest BCUT2D eigenvalue weighted by Gasteiger charge is -2.30. The molecule has 1 heterocycles. The largest absolute Gasteiger partial charge is 0.493 e. The zero-order valence-corrected chi connectivity index (χ0v) is 23.7. The molecule has 1 saturated carbocycles. The zero-order valence-electron chi connectivity index (χ0n) is 23.7. The van der Waals surface area contributed by atoms with Gasteiger partial charge in [-0.2, -0.15) is 8.78 Å². The van der Waals surface area contributed by atoms with Crippen LogP contribution in [0.1, 0.15) is 56.5 Å². The van der Waals surface area contributed by atoms with Crippen LogP contribution in [-0.2, 0) is 5.92 Å². The van der Waals surface area contributed by atoms with Crippen molar-refractivity contribution in [3.05, 3.63) is 59.0 Å². The molecule has 2 N–H and O–H groups in total. The summed E-state index contributed by atoms with van der Waals surface area (Å²) < 4.78 is 57.0. The maximum atomic E-state index is 15.4. The number of aliphatic hydroxyl groups is 1. The maximum Gasteiger partial charge on any atom is 0.303 e. The Morgan fingerprint density at radius 2 is 1.85 bits per heavy atom. The Labute approximate surface area is 228 Å². The van der Waals surface area contributed by atoms with Crippen molar-refractivity contribution in [1.29, 1.82) is 0 Å². The van der Waals surface area contributed by atoms with Gasteiger partial charge in [-0.3, -0.25) is 4.98 Å². The van der Waals surface area contributed by atoms with Gasteiger partial charge in [-0.15, -0.1) is 0 Å². The van der Waals surface area contributed by atoms with E-state index >= 15 is 4.39 Å². The van der Waals surface area contributed by atoms with E-state index in [1.54, 1.807) is 14.0 Å². The van der Waals surface area contributed by atoms with Crippen LogP contribution in [0, 0.1) is 18.2 Å². The fourth-order valence-corrected chi connectivity index (χ4v) is 4.95. The van der Waals surface area contributed by atoms with Crippen LogP contribution in [0.2, 0.25) is 0 Å². The summed E-state index contributed by atoms with van der Waals surface area (Å²) in [5.74, 6) is -3.69. The van der Waals surface area contributed by atoms with Gasteiger partial charge in [0.25, 0.3) is 0 Å². The topological polar surface area (TPSA) is 66.8 Å². The molecule has 212 valence electrons. The van der Waals surface area contributed by atoms with E-state index < -0.39 is 28.9 Å². The quantitative estimate of drug-likeness (QED) is 0.289. The van der Waals surface area contributed by atoms with Crippen molar-refractivity contribution < 1.29 is 27.8 Å². The van der Waals surface area contributed by atoms with Gasteiger partial charge in [-0.05, 0) is 72.8 Å². The summed E-state index contributed by atoms with van der Waals surface area (Å²) in [6, 6.07) is 8.67. The van der Waals surface area contributed by atoms with Gasteiger partial charge in [0.15, 0.2) is 11.5 Å². The highest BCUT2D eigenvalue weighted by Gasteiger charge is 2.49. The number of nitrogens with zero attached hydrogens (tertiary/aromatic N) is 2. The highest BCUT2D eigenvalue weighted by atomic mass is 19.3. The minimum Gasteiger partial charge on any atom is -0.493 e. The molecule has 1 fully saturated rings. The number of ether oxygens (including phenoxy) is 2. The number of fused-ring (bicyclic) bond motifs is 1. The number of hydrogen-bond donors (Lipinski definition) is 2.